The Morgan fingerprint density at radius 2 is 1.79 bits per heavy atom. The highest BCUT2D eigenvalue weighted by molar-refractivity contribution is 6.03. The molecule has 0 aromatic heterocycles. The Hall–Kier alpha value is -2.87. The molecular formula is C20H24N2O6. The monoisotopic (exact) mass is 388 g/mol. The second-order valence-electron chi connectivity index (χ2n) is 6.72. The van der Waals surface area contributed by atoms with E-state index in [-0.39, 0.29) is 30.5 Å². The van der Waals surface area contributed by atoms with Crippen LogP contribution in [0.2, 0.25) is 0 Å². The predicted octanol–water partition coefficient (Wildman–Crippen LogP) is 1.29. The first-order valence-electron chi connectivity index (χ1n) is 9.17. The van der Waals surface area contributed by atoms with E-state index in [0.29, 0.717) is 24.6 Å². The average Bonchev–Trinajstić information content (AvgIpc) is 3.54. The van der Waals surface area contributed by atoms with Crippen LogP contribution in [0.1, 0.15) is 24.8 Å². The maximum Gasteiger partial charge on any atom is 0.355 e. The van der Waals surface area contributed by atoms with Crippen molar-refractivity contribution in [1.29, 1.82) is 0 Å². The van der Waals surface area contributed by atoms with Crippen molar-refractivity contribution in [2.45, 2.75) is 31.7 Å². The van der Waals surface area contributed by atoms with Crippen molar-refractivity contribution in [2.75, 3.05) is 32.5 Å². The molecule has 150 valence electrons. The molecule has 2 aliphatic rings. The van der Waals surface area contributed by atoms with Crippen LogP contribution < -0.4 is 10.2 Å². The van der Waals surface area contributed by atoms with E-state index in [0.717, 1.165) is 18.4 Å². The van der Waals surface area contributed by atoms with E-state index in [1.807, 2.05) is 24.3 Å². The number of hydrogen-bond donors (Lipinski definition) is 1. The number of hydrogen-bond acceptors (Lipinski definition) is 7. The van der Waals surface area contributed by atoms with E-state index >= 15 is 0 Å². The molecule has 0 radical (unpaired) electrons. The molecule has 1 aliphatic carbocycles. The van der Waals surface area contributed by atoms with Gasteiger partial charge in [0.25, 0.3) is 0 Å². The fraction of sp³-hybridized carbons (Fsp3) is 0.450. The smallest absolute Gasteiger partial charge is 0.355 e. The summed E-state index contributed by atoms with van der Waals surface area (Å²) in [5.74, 6) is -1.21. The topological polar surface area (TPSA) is 94.2 Å². The Labute approximate surface area is 163 Å². The summed E-state index contributed by atoms with van der Waals surface area (Å²) < 4.78 is 15.1. The van der Waals surface area contributed by atoms with Crippen LogP contribution in [0, 0.1) is 0 Å². The summed E-state index contributed by atoms with van der Waals surface area (Å²) >= 11 is 0. The van der Waals surface area contributed by atoms with Gasteiger partial charge in [0.1, 0.15) is 12.4 Å². The first-order chi connectivity index (χ1) is 13.5. The lowest BCUT2D eigenvalue weighted by atomic mass is 10.1. The number of benzene rings is 1. The number of ether oxygens (including phenoxy) is 3. The molecule has 1 saturated carbocycles. The first-order valence-corrected chi connectivity index (χ1v) is 9.17. The number of esters is 2. The van der Waals surface area contributed by atoms with Gasteiger partial charge in [-0.2, -0.15) is 0 Å². The third kappa shape index (κ3) is 4.69. The van der Waals surface area contributed by atoms with Gasteiger partial charge in [-0.25, -0.2) is 9.59 Å². The van der Waals surface area contributed by atoms with E-state index in [1.54, 1.807) is 4.90 Å². The summed E-state index contributed by atoms with van der Waals surface area (Å²) in [5.41, 5.74) is 1.90. The summed E-state index contributed by atoms with van der Waals surface area (Å²) in [6, 6.07) is 7.78. The van der Waals surface area contributed by atoms with Crippen molar-refractivity contribution < 1.29 is 28.6 Å². The maximum absolute atomic E-state index is 12.3. The van der Waals surface area contributed by atoms with E-state index in [2.05, 4.69) is 5.32 Å². The van der Waals surface area contributed by atoms with Gasteiger partial charge in [-0.3, -0.25) is 4.79 Å². The molecule has 0 bridgehead atoms. The molecule has 3 rings (SSSR count). The molecule has 1 heterocycles. The van der Waals surface area contributed by atoms with Crippen LogP contribution in [-0.4, -0.2) is 51.4 Å². The van der Waals surface area contributed by atoms with Gasteiger partial charge in [0.2, 0.25) is 5.91 Å². The van der Waals surface area contributed by atoms with E-state index < -0.39 is 11.9 Å². The summed E-state index contributed by atoms with van der Waals surface area (Å²) in [4.78, 5) is 37.7. The van der Waals surface area contributed by atoms with Gasteiger partial charge in [0, 0.05) is 18.2 Å². The summed E-state index contributed by atoms with van der Waals surface area (Å²) in [6.07, 6.45) is 3.20. The molecule has 8 heteroatoms. The third-order valence-corrected chi connectivity index (χ3v) is 4.66. The van der Waals surface area contributed by atoms with Gasteiger partial charge in [-0.05, 0) is 37.0 Å². The van der Waals surface area contributed by atoms with E-state index in [4.69, 9.17) is 14.2 Å². The lowest BCUT2D eigenvalue weighted by Gasteiger charge is -2.31. The van der Waals surface area contributed by atoms with Crippen LogP contribution in [-0.2, 0) is 35.0 Å². The van der Waals surface area contributed by atoms with Crippen LogP contribution in [0.5, 0.6) is 0 Å². The molecule has 1 N–H and O–H groups in total. The lowest BCUT2D eigenvalue weighted by molar-refractivity contribution is -0.140. The Morgan fingerprint density at radius 3 is 2.39 bits per heavy atom. The van der Waals surface area contributed by atoms with Crippen molar-refractivity contribution in [1.82, 2.24) is 5.32 Å². The minimum absolute atomic E-state index is 0.0260. The largest absolute Gasteiger partial charge is 0.466 e. The Bertz CT molecular complexity index is 782. The van der Waals surface area contributed by atoms with Gasteiger partial charge < -0.3 is 24.4 Å². The summed E-state index contributed by atoms with van der Waals surface area (Å²) in [7, 11) is 2.50. The highest BCUT2D eigenvalue weighted by Gasteiger charge is 2.32. The fourth-order valence-electron chi connectivity index (χ4n) is 2.98. The molecular weight excluding hydrogens is 364 g/mol. The highest BCUT2D eigenvalue weighted by atomic mass is 16.5. The number of amides is 1. The highest BCUT2D eigenvalue weighted by Crippen LogP contribution is 2.27. The number of methoxy groups -OCH3 is 2. The third-order valence-electron chi connectivity index (χ3n) is 4.66. The van der Waals surface area contributed by atoms with Crippen molar-refractivity contribution >= 4 is 23.5 Å². The van der Waals surface area contributed by atoms with Gasteiger partial charge in [-0.1, -0.05) is 12.1 Å². The number of carbonyl (C=O) groups excluding carboxylic acids is 3. The van der Waals surface area contributed by atoms with Gasteiger partial charge in [0.15, 0.2) is 0 Å². The van der Waals surface area contributed by atoms with Gasteiger partial charge in [0.05, 0.1) is 26.4 Å². The summed E-state index contributed by atoms with van der Waals surface area (Å²) in [5, 5.41) is 2.97. The molecule has 0 spiro atoms. The zero-order chi connectivity index (χ0) is 20.1. The quantitative estimate of drug-likeness (QED) is 0.704. The summed E-state index contributed by atoms with van der Waals surface area (Å²) in [6.45, 7) is 0.0792. The van der Waals surface area contributed by atoms with Crippen molar-refractivity contribution in [2.24, 2.45) is 0 Å². The van der Waals surface area contributed by atoms with Crippen LogP contribution >= 0.6 is 0 Å². The molecule has 1 amide bonds. The van der Waals surface area contributed by atoms with E-state index in [1.165, 1.54) is 14.2 Å². The maximum atomic E-state index is 12.3. The number of rotatable bonds is 7. The molecule has 0 unspecified atom stereocenters. The number of aryl methyl sites for hydroxylation is 1. The zero-order valence-corrected chi connectivity index (χ0v) is 16.0. The minimum atomic E-state index is -0.636. The Kier molecular flexibility index (Phi) is 6.30. The molecule has 1 aromatic rings. The van der Waals surface area contributed by atoms with Crippen molar-refractivity contribution in [3.05, 3.63) is 41.1 Å². The molecule has 1 aromatic carbocycles. The first kappa shape index (κ1) is 19.9. The lowest BCUT2D eigenvalue weighted by Crippen LogP contribution is -2.38. The SMILES string of the molecule is COC(=O)C1=C(C(=O)OC)N(c2ccc(CCC(=O)NC3CC3)cc2)COC1. The minimum Gasteiger partial charge on any atom is -0.466 e. The molecule has 1 fully saturated rings. The van der Waals surface area contributed by atoms with Crippen LogP contribution in [0.25, 0.3) is 0 Å². The molecule has 8 nitrogen and oxygen atoms in total. The molecule has 1 aliphatic heterocycles. The molecule has 0 saturated heterocycles. The second-order valence-corrected chi connectivity index (χ2v) is 6.72. The van der Waals surface area contributed by atoms with Gasteiger partial charge in [-0.15, -0.1) is 0 Å². The van der Waals surface area contributed by atoms with Crippen molar-refractivity contribution in [3.63, 3.8) is 0 Å². The standard InChI is InChI=1S/C20H24N2O6/c1-26-19(24)16-11-28-12-22(18(16)20(25)27-2)15-8-3-13(4-9-15)5-10-17(23)21-14-6-7-14/h3-4,8-9,14H,5-7,10-12H2,1-2H3,(H,21,23). The van der Waals surface area contributed by atoms with Gasteiger partial charge >= 0.3 is 11.9 Å². The van der Waals surface area contributed by atoms with E-state index in [9.17, 15) is 14.4 Å². The molecule has 0 atom stereocenters. The van der Waals surface area contributed by atoms with Crippen LogP contribution in [0.3, 0.4) is 0 Å². The Morgan fingerprint density at radius 1 is 1.11 bits per heavy atom. The zero-order valence-electron chi connectivity index (χ0n) is 16.0. The fourth-order valence-corrected chi connectivity index (χ4v) is 2.98. The predicted molar refractivity (Wildman–Crippen MR) is 100 cm³/mol. The number of nitrogens with zero attached hydrogens (tertiary/aromatic N) is 1. The number of carbonyl (C=O) groups is 3. The number of nitrogens with one attached hydrogen (secondary N) is 1. The van der Waals surface area contributed by atoms with Crippen LogP contribution in [0.15, 0.2) is 35.5 Å². The van der Waals surface area contributed by atoms with Crippen LogP contribution in [0.4, 0.5) is 5.69 Å². The molecule has 28 heavy (non-hydrogen) atoms. The Balaban J connectivity index is 1.74. The number of anilines is 1. The average molecular weight is 388 g/mol. The van der Waals surface area contributed by atoms with Crippen molar-refractivity contribution in [3.8, 4) is 0 Å². The normalized spacial score (nSPS) is 16.6. The second kappa shape index (κ2) is 8.88.